The van der Waals surface area contributed by atoms with Gasteiger partial charge in [0.1, 0.15) is 0 Å². The fourth-order valence-corrected chi connectivity index (χ4v) is 2.75. The van der Waals surface area contributed by atoms with Crippen molar-refractivity contribution in [2.24, 2.45) is 4.99 Å². The van der Waals surface area contributed by atoms with Gasteiger partial charge in [0.2, 0.25) is 6.08 Å². The van der Waals surface area contributed by atoms with E-state index >= 15 is 0 Å². The molecule has 19 heavy (non-hydrogen) atoms. The second-order valence-electron chi connectivity index (χ2n) is 4.72. The van der Waals surface area contributed by atoms with Crippen LogP contribution in [0.2, 0.25) is 5.02 Å². The normalized spacial score (nSPS) is 16.5. The van der Waals surface area contributed by atoms with E-state index in [1.165, 1.54) is 0 Å². The van der Waals surface area contributed by atoms with E-state index in [2.05, 4.69) is 9.98 Å². The van der Waals surface area contributed by atoms with Gasteiger partial charge in [-0.15, -0.1) is 0 Å². The van der Waals surface area contributed by atoms with Crippen LogP contribution < -0.4 is 0 Å². The third kappa shape index (κ3) is 1.99. The first kappa shape index (κ1) is 12.2. The molecule has 3 rings (SSSR count). The van der Waals surface area contributed by atoms with Gasteiger partial charge in [0.05, 0.1) is 22.6 Å². The summed E-state index contributed by atoms with van der Waals surface area (Å²) in [5.74, 6) is 0. The molecule has 96 valence electrons. The van der Waals surface area contributed by atoms with Gasteiger partial charge in [0, 0.05) is 12.4 Å². The number of rotatable bonds is 3. The Morgan fingerprint density at radius 3 is 2.79 bits per heavy atom. The maximum Gasteiger partial charge on any atom is 0.235 e. The van der Waals surface area contributed by atoms with Crippen LogP contribution in [-0.2, 0) is 10.3 Å². The molecule has 2 aromatic rings. The van der Waals surface area contributed by atoms with Gasteiger partial charge >= 0.3 is 0 Å². The molecule has 0 N–H and O–H groups in total. The molecular formula is C14H12ClN3O. The second kappa shape index (κ2) is 4.65. The molecule has 0 unspecified atom stereocenters. The van der Waals surface area contributed by atoms with Gasteiger partial charge < -0.3 is 4.57 Å². The van der Waals surface area contributed by atoms with Gasteiger partial charge in [0.25, 0.3) is 0 Å². The van der Waals surface area contributed by atoms with Crippen LogP contribution >= 0.6 is 11.6 Å². The van der Waals surface area contributed by atoms with E-state index in [1.807, 2.05) is 29.0 Å². The van der Waals surface area contributed by atoms with Gasteiger partial charge in [-0.3, -0.25) is 0 Å². The monoisotopic (exact) mass is 273 g/mol. The Hall–Kier alpha value is -1.90. The van der Waals surface area contributed by atoms with Crippen molar-refractivity contribution >= 4 is 17.7 Å². The van der Waals surface area contributed by atoms with Crippen LogP contribution in [0, 0.1) is 0 Å². The van der Waals surface area contributed by atoms with Gasteiger partial charge in [-0.05, 0) is 37.0 Å². The van der Waals surface area contributed by atoms with Crippen molar-refractivity contribution in [2.75, 3.05) is 0 Å². The summed E-state index contributed by atoms with van der Waals surface area (Å²) in [5, 5.41) is 0.628. The Kier molecular flexibility index (Phi) is 2.97. The lowest BCUT2D eigenvalue weighted by Gasteiger charge is -2.37. The SMILES string of the molecule is O=C=NC1(c2ccc(-n3ccnc3)c(Cl)c2)CCC1. The highest BCUT2D eigenvalue weighted by Crippen LogP contribution is 2.45. The lowest BCUT2D eigenvalue weighted by atomic mass is 9.72. The fourth-order valence-electron chi connectivity index (χ4n) is 2.47. The number of hydrogen-bond donors (Lipinski definition) is 0. The van der Waals surface area contributed by atoms with Crippen LogP contribution in [0.25, 0.3) is 5.69 Å². The van der Waals surface area contributed by atoms with Crippen LogP contribution in [0.5, 0.6) is 0 Å². The van der Waals surface area contributed by atoms with Gasteiger partial charge in [-0.25, -0.2) is 9.78 Å². The minimum absolute atomic E-state index is 0.404. The highest BCUT2D eigenvalue weighted by Gasteiger charge is 2.39. The van der Waals surface area contributed by atoms with Gasteiger partial charge in [-0.1, -0.05) is 17.7 Å². The number of halogens is 1. The number of aromatic nitrogens is 2. The molecule has 0 saturated heterocycles. The summed E-state index contributed by atoms with van der Waals surface area (Å²) in [6, 6.07) is 5.79. The molecule has 1 saturated carbocycles. The largest absolute Gasteiger partial charge is 0.305 e. The van der Waals surface area contributed by atoms with Gasteiger partial charge in [-0.2, -0.15) is 4.99 Å². The number of benzene rings is 1. The van der Waals surface area contributed by atoms with E-state index in [-0.39, 0.29) is 0 Å². The predicted octanol–water partition coefficient (Wildman–Crippen LogP) is 3.24. The topological polar surface area (TPSA) is 47.2 Å². The van der Waals surface area contributed by atoms with E-state index < -0.39 is 5.54 Å². The zero-order valence-electron chi connectivity index (χ0n) is 10.2. The molecule has 0 spiro atoms. The first-order valence-electron chi connectivity index (χ1n) is 6.13. The first-order valence-corrected chi connectivity index (χ1v) is 6.50. The quantitative estimate of drug-likeness (QED) is 0.637. The summed E-state index contributed by atoms with van der Waals surface area (Å²) in [4.78, 5) is 18.6. The van der Waals surface area contributed by atoms with Crippen molar-refractivity contribution in [3.05, 3.63) is 47.5 Å². The fraction of sp³-hybridized carbons (Fsp3) is 0.286. The van der Waals surface area contributed by atoms with Crippen molar-refractivity contribution in [1.82, 2.24) is 9.55 Å². The molecule has 0 atom stereocenters. The van der Waals surface area contributed by atoms with Crippen molar-refractivity contribution in [2.45, 2.75) is 24.8 Å². The molecule has 1 heterocycles. The summed E-state index contributed by atoms with van der Waals surface area (Å²) < 4.78 is 1.85. The third-order valence-corrected chi connectivity index (χ3v) is 4.01. The van der Waals surface area contributed by atoms with E-state index in [0.29, 0.717) is 5.02 Å². The Labute approximate surface area is 115 Å². The van der Waals surface area contributed by atoms with Crippen molar-refractivity contribution in [3.8, 4) is 5.69 Å². The molecule has 0 aliphatic heterocycles. The Bertz CT molecular complexity index is 641. The summed E-state index contributed by atoms with van der Waals surface area (Å²) in [6.45, 7) is 0. The Balaban J connectivity index is 2.02. The van der Waals surface area contributed by atoms with Gasteiger partial charge in [0.15, 0.2) is 0 Å². The van der Waals surface area contributed by atoms with Crippen LogP contribution in [-0.4, -0.2) is 15.6 Å². The molecule has 0 radical (unpaired) electrons. The Morgan fingerprint density at radius 1 is 1.42 bits per heavy atom. The van der Waals surface area contributed by atoms with E-state index in [0.717, 1.165) is 30.5 Å². The average Bonchev–Trinajstić information content (AvgIpc) is 2.87. The maximum absolute atomic E-state index is 10.6. The maximum atomic E-state index is 10.6. The van der Waals surface area contributed by atoms with E-state index in [1.54, 1.807) is 18.6 Å². The van der Waals surface area contributed by atoms with Crippen molar-refractivity contribution < 1.29 is 4.79 Å². The summed E-state index contributed by atoms with van der Waals surface area (Å²) in [5.41, 5.74) is 1.45. The number of nitrogens with zero attached hydrogens (tertiary/aromatic N) is 3. The molecule has 4 nitrogen and oxygen atoms in total. The van der Waals surface area contributed by atoms with E-state index in [9.17, 15) is 4.79 Å². The number of aliphatic imine (C=N–C) groups is 1. The minimum Gasteiger partial charge on any atom is -0.305 e. The molecule has 1 aliphatic rings. The molecule has 1 aromatic carbocycles. The summed E-state index contributed by atoms with van der Waals surface area (Å²) >= 11 is 6.32. The lowest BCUT2D eigenvalue weighted by molar-refractivity contribution is 0.256. The molecule has 1 aromatic heterocycles. The minimum atomic E-state index is -0.404. The number of carbonyl (C=O) groups excluding carboxylic acids is 1. The molecule has 0 bridgehead atoms. The molecular weight excluding hydrogens is 262 g/mol. The van der Waals surface area contributed by atoms with Crippen LogP contribution in [0.3, 0.4) is 0 Å². The highest BCUT2D eigenvalue weighted by molar-refractivity contribution is 6.32. The second-order valence-corrected chi connectivity index (χ2v) is 5.13. The summed E-state index contributed by atoms with van der Waals surface area (Å²) in [6.07, 6.45) is 9.76. The smallest absolute Gasteiger partial charge is 0.235 e. The van der Waals surface area contributed by atoms with Crippen molar-refractivity contribution in [3.63, 3.8) is 0 Å². The van der Waals surface area contributed by atoms with Crippen LogP contribution in [0.1, 0.15) is 24.8 Å². The first-order chi connectivity index (χ1) is 9.25. The predicted molar refractivity (Wildman–Crippen MR) is 72.2 cm³/mol. The van der Waals surface area contributed by atoms with Crippen molar-refractivity contribution in [1.29, 1.82) is 0 Å². The number of imidazole rings is 1. The summed E-state index contributed by atoms with van der Waals surface area (Å²) in [7, 11) is 0. The molecule has 1 fully saturated rings. The number of isocyanates is 1. The standard InChI is InChI=1S/C14H12ClN3O/c15-12-8-11(14(17-10-19)4-1-5-14)2-3-13(12)18-7-6-16-9-18/h2-3,6-9H,1,4-5H2. The Morgan fingerprint density at radius 2 is 2.26 bits per heavy atom. The molecule has 1 aliphatic carbocycles. The highest BCUT2D eigenvalue weighted by atomic mass is 35.5. The lowest BCUT2D eigenvalue weighted by Crippen LogP contribution is -2.31. The van der Waals surface area contributed by atoms with Crippen LogP contribution in [0.15, 0.2) is 41.9 Å². The zero-order valence-corrected chi connectivity index (χ0v) is 11.0. The molecule has 5 heteroatoms. The zero-order chi connectivity index (χ0) is 13.3. The molecule has 0 amide bonds. The van der Waals surface area contributed by atoms with E-state index in [4.69, 9.17) is 11.6 Å². The third-order valence-electron chi connectivity index (χ3n) is 3.71. The van der Waals surface area contributed by atoms with Crippen LogP contribution in [0.4, 0.5) is 0 Å². The average molecular weight is 274 g/mol. The number of hydrogen-bond acceptors (Lipinski definition) is 3.